The molecule has 1 aromatic heterocycles. The van der Waals surface area contributed by atoms with Gasteiger partial charge in [-0.25, -0.2) is 0 Å². The van der Waals surface area contributed by atoms with Crippen LogP contribution in [0, 0.1) is 5.92 Å². The van der Waals surface area contributed by atoms with Gasteiger partial charge in [0, 0.05) is 19.1 Å². The SMILES string of the molecule is CC(C)NC(=O)c1c(N)nsc1N1CCC(C(C)O)CC1. The predicted octanol–water partition coefficient (Wildman–Crippen LogP) is 1.46. The number of piperidine rings is 1. The average molecular weight is 312 g/mol. The lowest BCUT2D eigenvalue weighted by Gasteiger charge is -2.34. The molecule has 1 saturated heterocycles. The summed E-state index contributed by atoms with van der Waals surface area (Å²) in [5, 5.41) is 13.4. The van der Waals surface area contributed by atoms with Crippen LogP contribution in [0.15, 0.2) is 0 Å². The Morgan fingerprint density at radius 1 is 1.43 bits per heavy atom. The van der Waals surface area contributed by atoms with Gasteiger partial charge in [0.2, 0.25) is 0 Å². The highest BCUT2D eigenvalue weighted by Gasteiger charge is 2.28. The molecule has 1 fully saturated rings. The lowest BCUT2D eigenvalue weighted by atomic mass is 9.92. The number of nitrogen functional groups attached to an aromatic ring is 1. The van der Waals surface area contributed by atoms with Crippen LogP contribution in [0.4, 0.5) is 10.8 Å². The highest BCUT2D eigenvalue weighted by molar-refractivity contribution is 7.11. The summed E-state index contributed by atoms with van der Waals surface area (Å²) in [5.74, 6) is 0.467. The smallest absolute Gasteiger partial charge is 0.258 e. The maximum Gasteiger partial charge on any atom is 0.258 e. The molecule has 1 aliphatic heterocycles. The minimum absolute atomic E-state index is 0.0608. The van der Waals surface area contributed by atoms with E-state index in [2.05, 4.69) is 14.6 Å². The molecule has 1 atom stereocenters. The molecule has 0 bridgehead atoms. The number of hydrogen-bond acceptors (Lipinski definition) is 6. The molecule has 0 saturated carbocycles. The van der Waals surface area contributed by atoms with Crippen molar-refractivity contribution in [2.75, 3.05) is 23.7 Å². The second-order valence-corrected chi connectivity index (χ2v) is 6.69. The molecule has 2 heterocycles. The minimum Gasteiger partial charge on any atom is -0.393 e. The number of aliphatic hydroxyl groups is 1. The number of hydrogen-bond donors (Lipinski definition) is 3. The van der Waals surface area contributed by atoms with Gasteiger partial charge >= 0.3 is 0 Å². The van der Waals surface area contributed by atoms with Crippen molar-refractivity contribution in [1.29, 1.82) is 0 Å². The standard InChI is InChI=1S/C14H24N4O2S/c1-8(2)16-13(20)11-12(15)17-21-14(11)18-6-4-10(5-7-18)9(3)19/h8-10,19H,4-7H2,1-3H3,(H2,15,17)(H,16,20). The molecule has 1 aromatic rings. The zero-order valence-corrected chi connectivity index (χ0v) is 13.6. The zero-order chi connectivity index (χ0) is 15.6. The third-order valence-electron chi connectivity index (χ3n) is 3.86. The third kappa shape index (κ3) is 3.65. The highest BCUT2D eigenvalue weighted by atomic mass is 32.1. The Hall–Kier alpha value is -1.34. The van der Waals surface area contributed by atoms with Crippen LogP contribution in [0.25, 0.3) is 0 Å². The molecule has 1 aliphatic rings. The lowest BCUT2D eigenvalue weighted by molar-refractivity contribution is 0.0943. The number of aliphatic hydroxyl groups excluding tert-OH is 1. The van der Waals surface area contributed by atoms with Crippen LogP contribution < -0.4 is 16.0 Å². The fourth-order valence-corrected chi connectivity index (χ4v) is 3.50. The molecular weight excluding hydrogens is 288 g/mol. The van der Waals surface area contributed by atoms with Crippen molar-refractivity contribution in [2.24, 2.45) is 5.92 Å². The molecule has 0 spiro atoms. The normalized spacial score (nSPS) is 18.0. The first-order valence-electron chi connectivity index (χ1n) is 7.39. The highest BCUT2D eigenvalue weighted by Crippen LogP contribution is 2.34. The molecule has 7 heteroatoms. The number of anilines is 2. The Kier molecular flexibility index (Phi) is 5.05. The number of amides is 1. The predicted molar refractivity (Wildman–Crippen MR) is 85.7 cm³/mol. The second-order valence-electron chi connectivity index (χ2n) is 5.94. The minimum atomic E-state index is -0.276. The van der Waals surface area contributed by atoms with E-state index in [0.29, 0.717) is 17.3 Å². The van der Waals surface area contributed by atoms with E-state index in [4.69, 9.17) is 5.73 Å². The van der Waals surface area contributed by atoms with E-state index in [1.165, 1.54) is 11.5 Å². The van der Waals surface area contributed by atoms with Gasteiger partial charge in [0.25, 0.3) is 5.91 Å². The van der Waals surface area contributed by atoms with Crippen molar-refractivity contribution in [3.63, 3.8) is 0 Å². The van der Waals surface area contributed by atoms with Crippen molar-refractivity contribution in [3.05, 3.63) is 5.56 Å². The molecule has 21 heavy (non-hydrogen) atoms. The molecule has 0 radical (unpaired) electrons. The van der Waals surface area contributed by atoms with Crippen LogP contribution in [0.2, 0.25) is 0 Å². The number of nitrogens with zero attached hydrogens (tertiary/aromatic N) is 2. The number of carbonyl (C=O) groups excluding carboxylic acids is 1. The first kappa shape index (κ1) is 16.0. The summed E-state index contributed by atoms with van der Waals surface area (Å²) in [6.45, 7) is 7.31. The average Bonchev–Trinajstić information content (AvgIpc) is 2.80. The maximum atomic E-state index is 12.3. The molecule has 6 nitrogen and oxygen atoms in total. The van der Waals surface area contributed by atoms with Crippen LogP contribution in [0.5, 0.6) is 0 Å². The molecule has 118 valence electrons. The largest absolute Gasteiger partial charge is 0.393 e. The molecule has 0 aliphatic carbocycles. The van der Waals surface area contributed by atoms with Crippen LogP contribution in [0.3, 0.4) is 0 Å². The van der Waals surface area contributed by atoms with Crippen LogP contribution in [0.1, 0.15) is 44.0 Å². The molecule has 2 rings (SSSR count). The van der Waals surface area contributed by atoms with E-state index in [0.717, 1.165) is 30.9 Å². The summed E-state index contributed by atoms with van der Waals surface area (Å²) >= 11 is 1.28. The van der Waals surface area contributed by atoms with Crippen LogP contribution >= 0.6 is 11.5 Å². The van der Waals surface area contributed by atoms with E-state index in [1.807, 2.05) is 20.8 Å². The molecular formula is C14H24N4O2S. The zero-order valence-electron chi connectivity index (χ0n) is 12.8. The van der Waals surface area contributed by atoms with Crippen molar-refractivity contribution in [2.45, 2.75) is 45.8 Å². The van der Waals surface area contributed by atoms with Gasteiger partial charge in [-0.2, -0.15) is 4.37 Å². The van der Waals surface area contributed by atoms with E-state index in [-0.39, 0.29) is 18.1 Å². The molecule has 4 N–H and O–H groups in total. The lowest BCUT2D eigenvalue weighted by Crippen LogP contribution is -2.38. The van der Waals surface area contributed by atoms with Gasteiger partial charge in [0.1, 0.15) is 10.6 Å². The molecule has 1 amide bonds. The fourth-order valence-electron chi connectivity index (χ4n) is 2.64. The fraction of sp³-hybridized carbons (Fsp3) is 0.714. The Morgan fingerprint density at radius 2 is 2.05 bits per heavy atom. The number of nitrogens with one attached hydrogen (secondary N) is 1. The summed E-state index contributed by atoms with van der Waals surface area (Å²) < 4.78 is 4.14. The quantitative estimate of drug-likeness (QED) is 0.783. The van der Waals surface area contributed by atoms with Gasteiger partial charge in [-0.05, 0) is 51.1 Å². The number of rotatable bonds is 4. The Morgan fingerprint density at radius 3 is 2.57 bits per heavy atom. The summed E-state index contributed by atoms with van der Waals surface area (Å²) in [6, 6.07) is 0.0608. The topological polar surface area (TPSA) is 91.5 Å². The second kappa shape index (κ2) is 6.62. The van der Waals surface area contributed by atoms with E-state index in [1.54, 1.807) is 0 Å². The molecule has 0 aromatic carbocycles. The Balaban J connectivity index is 2.13. The van der Waals surface area contributed by atoms with Crippen molar-refractivity contribution < 1.29 is 9.90 Å². The van der Waals surface area contributed by atoms with Crippen molar-refractivity contribution >= 4 is 28.3 Å². The van der Waals surface area contributed by atoms with Gasteiger partial charge in [-0.15, -0.1) is 0 Å². The van der Waals surface area contributed by atoms with E-state index < -0.39 is 0 Å². The van der Waals surface area contributed by atoms with Gasteiger partial charge in [0.05, 0.1) is 6.10 Å². The van der Waals surface area contributed by atoms with Gasteiger partial charge in [-0.3, -0.25) is 4.79 Å². The number of nitrogens with two attached hydrogens (primary N) is 1. The van der Waals surface area contributed by atoms with Gasteiger partial charge in [-0.1, -0.05) is 0 Å². The third-order valence-corrected chi connectivity index (χ3v) is 4.78. The maximum absolute atomic E-state index is 12.3. The summed E-state index contributed by atoms with van der Waals surface area (Å²) in [6.07, 6.45) is 1.56. The van der Waals surface area contributed by atoms with Gasteiger partial charge in [0.15, 0.2) is 5.82 Å². The first-order valence-corrected chi connectivity index (χ1v) is 8.16. The Labute approximate surface area is 129 Å². The van der Waals surface area contributed by atoms with Crippen molar-refractivity contribution in [3.8, 4) is 0 Å². The van der Waals surface area contributed by atoms with Gasteiger partial charge < -0.3 is 21.1 Å². The van der Waals surface area contributed by atoms with Crippen LogP contribution in [-0.2, 0) is 0 Å². The molecule has 1 unspecified atom stereocenters. The monoisotopic (exact) mass is 312 g/mol. The van der Waals surface area contributed by atoms with Crippen molar-refractivity contribution in [1.82, 2.24) is 9.69 Å². The number of carbonyl (C=O) groups is 1. The summed E-state index contributed by atoms with van der Waals surface area (Å²) in [7, 11) is 0. The van der Waals surface area contributed by atoms with E-state index >= 15 is 0 Å². The first-order chi connectivity index (χ1) is 9.90. The van der Waals surface area contributed by atoms with E-state index in [9.17, 15) is 9.90 Å². The summed E-state index contributed by atoms with van der Waals surface area (Å²) in [5.41, 5.74) is 6.36. The Bertz CT molecular complexity index is 493. The van der Waals surface area contributed by atoms with Crippen LogP contribution in [-0.4, -0.2) is 40.6 Å². The summed E-state index contributed by atoms with van der Waals surface area (Å²) in [4.78, 5) is 14.4. The number of aromatic nitrogens is 1.